The van der Waals surface area contributed by atoms with Crippen LogP contribution in [0.4, 0.5) is 5.82 Å². The first-order valence-electron chi connectivity index (χ1n) is 13.8. The smallest absolute Gasteiger partial charge is 0.316 e. The molecule has 0 bridgehead atoms. The maximum Gasteiger partial charge on any atom is 0.316 e. The van der Waals surface area contributed by atoms with Gasteiger partial charge in [0.25, 0.3) is 0 Å². The number of esters is 1. The van der Waals surface area contributed by atoms with Crippen LogP contribution in [0, 0.1) is 5.92 Å². The number of anilines is 1. The summed E-state index contributed by atoms with van der Waals surface area (Å²) in [6.45, 7) is 3.23. The summed E-state index contributed by atoms with van der Waals surface area (Å²) in [7, 11) is 3.32. The molecular weight excluding hydrogens is 516 g/mol. The Morgan fingerprint density at radius 1 is 0.902 bits per heavy atom. The number of methoxy groups -OCH3 is 2. The van der Waals surface area contributed by atoms with Crippen LogP contribution in [0.3, 0.4) is 0 Å². The zero-order valence-corrected chi connectivity index (χ0v) is 23.6. The Bertz CT molecular complexity index is 1510. The van der Waals surface area contributed by atoms with E-state index in [0.717, 1.165) is 50.5 Å². The van der Waals surface area contributed by atoms with Crippen LogP contribution < -0.4 is 14.4 Å². The molecule has 1 atom stereocenters. The zero-order chi connectivity index (χ0) is 28.8. The molecule has 0 spiro atoms. The predicted molar refractivity (Wildman–Crippen MR) is 160 cm³/mol. The fourth-order valence-corrected chi connectivity index (χ4v) is 5.16. The number of rotatable bonds is 10. The fraction of sp³-hybridized carbons (Fsp3) is 0.265. The van der Waals surface area contributed by atoms with E-state index in [4.69, 9.17) is 19.2 Å². The molecule has 41 heavy (non-hydrogen) atoms. The van der Waals surface area contributed by atoms with Crippen LogP contribution in [0.5, 0.6) is 11.5 Å². The van der Waals surface area contributed by atoms with Crippen LogP contribution in [-0.2, 0) is 27.4 Å². The Kier molecular flexibility index (Phi) is 8.63. The lowest BCUT2D eigenvalue weighted by Crippen LogP contribution is -2.28. The molecule has 0 saturated heterocycles. The van der Waals surface area contributed by atoms with Crippen LogP contribution >= 0.6 is 0 Å². The van der Waals surface area contributed by atoms with Gasteiger partial charge in [-0.25, -0.2) is 4.98 Å². The lowest BCUT2D eigenvalue weighted by molar-refractivity contribution is -0.150. The topological polar surface area (TPSA) is 78.0 Å². The first-order chi connectivity index (χ1) is 20.0. The monoisotopic (exact) mass is 550 g/mol. The maximum absolute atomic E-state index is 13.0. The number of nitrogens with zero attached hydrogens (tertiary/aromatic N) is 2. The zero-order valence-electron chi connectivity index (χ0n) is 23.6. The van der Waals surface area contributed by atoms with Gasteiger partial charge in [0, 0.05) is 18.5 Å². The van der Waals surface area contributed by atoms with Crippen molar-refractivity contribution in [1.82, 2.24) is 4.98 Å². The van der Waals surface area contributed by atoms with Gasteiger partial charge in [0.05, 0.1) is 26.5 Å². The van der Waals surface area contributed by atoms with Gasteiger partial charge in [0.2, 0.25) is 0 Å². The lowest BCUT2D eigenvalue weighted by atomic mass is 9.86. The van der Waals surface area contributed by atoms with Crippen molar-refractivity contribution < 1.29 is 23.8 Å². The molecule has 0 fully saturated rings. The molecule has 0 N–H and O–H groups in total. The summed E-state index contributed by atoms with van der Waals surface area (Å²) < 4.78 is 15.8. The average Bonchev–Trinajstić information content (AvgIpc) is 3.01. The number of fused-ring (bicyclic) bond motifs is 1. The molecule has 7 nitrogen and oxygen atoms in total. The molecule has 0 saturated carbocycles. The number of hydrogen-bond donors (Lipinski definition) is 0. The van der Waals surface area contributed by atoms with Crippen molar-refractivity contribution in [2.24, 2.45) is 5.92 Å². The molecule has 1 aliphatic rings. The minimum absolute atomic E-state index is 0.227. The third kappa shape index (κ3) is 6.40. The molecule has 210 valence electrons. The summed E-state index contributed by atoms with van der Waals surface area (Å²) in [4.78, 5) is 32.7. The second-order valence-corrected chi connectivity index (χ2v) is 10.0. The molecule has 7 heteroatoms. The van der Waals surface area contributed by atoms with Gasteiger partial charge < -0.3 is 19.1 Å². The minimum atomic E-state index is -0.755. The number of benzene rings is 3. The number of carbonyl (C=O) groups is 2. The molecule has 0 aliphatic heterocycles. The third-order valence-electron chi connectivity index (χ3n) is 7.35. The molecule has 3 aromatic carbocycles. The van der Waals surface area contributed by atoms with E-state index in [1.54, 1.807) is 27.2 Å². The van der Waals surface area contributed by atoms with Crippen molar-refractivity contribution in [3.05, 3.63) is 102 Å². The van der Waals surface area contributed by atoms with Crippen molar-refractivity contribution in [2.75, 3.05) is 25.7 Å². The van der Waals surface area contributed by atoms with E-state index in [1.165, 1.54) is 0 Å². The molecule has 1 aliphatic carbocycles. The van der Waals surface area contributed by atoms with Crippen LogP contribution in [0.25, 0.3) is 16.3 Å². The van der Waals surface area contributed by atoms with Crippen LogP contribution in [-0.4, -0.2) is 37.6 Å². The molecule has 4 aromatic rings. The predicted octanol–water partition coefficient (Wildman–Crippen LogP) is 6.38. The van der Waals surface area contributed by atoms with E-state index < -0.39 is 11.9 Å². The normalized spacial score (nSPS) is 14.9. The van der Waals surface area contributed by atoms with E-state index in [9.17, 15) is 9.59 Å². The standard InChI is InChI=1S/C34H34N2O5/c1-4-41-34(38)30-18-13-26(19-31(30)37)33-29-8-6-5-7-25(29)20-32(35-33)36(21-23-9-14-27(39-2)15-10-23)22-24-11-16-28(40-3)17-12-24/h5-12,14-17,19-20,30H,4,13,18,21-22H2,1-3H3. The molecule has 1 heterocycles. The van der Waals surface area contributed by atoms with Crippen LogP contribution in [0.15, 0.2) is 84.9 Å². The highest BCUT2D eigenvalue weighted by Gasteiger charge is 2.31. The highest BCUT2D eigenvalue weighted by atomic mass is 16.5. The van der Waals surface area contributed by atoms with E-state index >= 15 is 0 Å². The van der Waals surface area contributed by atoms with Gasteiger partial charge in [0.15, 0.2) is 5.78 Å². The number of aromatic nitrogens is 1. The fourth-order valence-electron chi connectivity index (χ4n) is 5.16. The van der Waals surface area contributed by atoms with Gasteiger partial charge in [0.1, 0.15) is 23.2 Å². The van der Waals surface area contributed by atoms with E-state index in [-0.39, 0.29) is 12.4 Å². The molecular formula is C34H34N2O5. The Balaban J connectivity index is 1.55. The van der Waals surface area contributed by atoms with Gasteiger partial charge >= 0.3 is 5.97 Å². The van der Waals surface area contributed by atoms with Gasteiger partial charge in [-0.1, -0.05) is 48.5 Å². The summed E-state index contributed by atoms with van der Waals surface area (Å²) in [5, 5.41) is 2.00. The Morgan fingerprint density at radius 2 is 1.51 bits per heavy atom. The Labute approximate surface area is 240 Å². The van der Waals surface area contributed by atoms with Gasteiger partial charge in [-0.3, -0.25) is 9.59 Å². The first kappa shape index (κ1) is 27.9. The van der Waals surface area contributed by atoms with Gasteiger partial charge in [-0.15, -0.1) is 0 Å². The number of allylic oxidation sites excluding steroid dienone is 2. The van der Waals surface area contributed by atoms with Gasteiger partial charge in [-0.2, -0.15) is 0 Å². The quantitative estimate of drug-likeness (QED) is 0.167. The minimum Gasteiger partial charge on any atom is -0.497 e. The Morgan fingerprint density at radius 3 is 2.07 bits per heavy atom. The first-order valence-corrected chi connectivity index (χ1v) is 13.8. The SMILES string of the molecule is CCOC(=O)C1CCC(c2nc(N(Cc3ccc(OC)cc3)Cc3ccc(OC)cc3)cc3ccccc23)=CC1=O. The van der Waals surface area contributed by atoms with Crippen molar-refractivity contribution in [3.63, 3.8) is 0 Å². The highest BCUT2D eigenvalue weighted by molar-refractivity contribution is 6.11. The van der Waals surface area contributed by atoms with Crippen LogP contribution in [0.2, 0.25) is 0 Å². The number of hydrogen-bond acceptors (Lipinski definition) is 7. The summed E-state index contributed by atoms with van der Waals surface area (Å²) >= 11 is 0. The van der Waals surface area contributed by atoms with E-state index in [2.05, 4.69) is 41.3 Å². The summed E-state index contributed by atoms with van der Waals surface area (Å²) in [6.07, 6.45) is 2.55. The molecule has 0 amide bonds. The number of pyridine rings is 1. The molecule has 5 rings (SSSR count). The van der Waals surface area contributed by atoms with Crippen molar-refractivity contribution >= 4 is 33.9 Å². The molecule has 1 aromatic heterocycles. The largest absolute Gasteiger partial charge is 0.497 e. The summed E-state index contributed by atoms with van der Waals surface area (Å²) in [6, 6.07) is 26.2. The summed E-state index contributed by atoms with van der Waals surface area (Å²) in [5.74, 6) is 0.966. The van der Waals surface area contributed by atoms with Crippen molar-refractivity contribution in [2.45, 2.75) is 32.9 Å². The second kappa shape index (κ2) is 12.7. The third-order valence-corrected chi connectivity index (χ3v) is 7.35. The molecule has 1 unspecified atom stereocenters. The van der Waals surface area contributed by atoms with E-state index in [1.807, 2.05) is 42.5 Å². The number of ketones is 1. The van der Waals surface area contributed by atoms with Crippen molar-refractivity contribution in [3.8, 4) is 11.5 Å². The maximum atomic E-state index is 13.0. The number of carbonyl (C=O) groups excluding carboxylic acids is 2. The van der Waals surface area contributed by atoms with Crippen molar-refractivity contribution in [1.29, 1.82) is 0 Å². The molecule has 0 radical (unpaired) electrons. The second-order valence-electron chi connectivity index (χ2n) is 10.0. The van der Waals surface area contributed by atoms with Gasteiger partial charge in [-0.05, 0) is 78.3 Å². The Hall–Kier alpha value is -4.65. The average molecular weight is 551 g/mol. The summed E-state index contributed by atoms with van der Waals surface area (Å²) in [5.41, 5.74) is 3.82. The lowest BCUT2D eigenvalue weighted by Gasteiger charge is -2.26. The van der Waals surface area contributed by atoms with Crippen LogP contribution in [0.1, 0.15) is 36.6 Å². The highest BCUT2D eigenvalue weighted by Crippen LogP contribution is 2.35. The number of ether oxygens (including phenoxy) is 3. The van der Waals surface area contributed by atoms with E-state index in [0.29, 0.717) is 25.9 Å².